The van der Waals surface area contributed by atoms with Gasteiger partial charge in [-0.25, -0.2) is 9.59 Å². The van der Waals surface area contributed by atoms with E-state index >= 15 is 0 Å². The summed E-state index contributed by atoms with van der Waals surface area (Å²) >= 11 is 24.7. The number of carbonyl (C=O) groups is 2. The highest BCUT2D eigenvalue weighted by Gasteiger charge is 2.22. The van der Waals surface area contributed by atoms with Crippen molar-refractivity contribution < 1.29 is 28.5 Å². The largest absolute Gasteiger partial charge is 0.494 e. The Labute approximate surface area is 260 Å². The first-order valence-electron chi connectivity index (χ1n) is 12.8. The highest BCUT2D eigenvalue weighted by atomic mass is 35.5. The summed E-state index contributed by atoms with van der Waals surface area (Å²) in [5, 5.41) is 0.918. The van der Waals surface area contributed by atoms with Crippen LogP contribution in [0.3, 0.4) is 0 Å². The van der Waals surface area contributed by atoms with Crippen molar-refractivity contribution in [2.24, 2.45) is 0 Å². The van der Waals surface area contributed by atoms with Crippen LogP contribution in [-0.4, -0.2) is 52.5 Å². The summed E-state index contributed by atoms with van der Waals surface area (Å²) in [4.78, 5) is 27.6. The van der Waals surface area contributed by atoms with Gasteiger partial charge in [0, 0.05) is 18.8 Å². The molecule has 0 spiro atoms. The highest BCUT2D eigenvalue weighted by Crippen LogP contribution is 2.35. The molecule has 0 heterocycles. The summed E-state index contributed by atoms with van der Waals surface area (Å²) in [6.07, 6.45) is 1.07. The maximum Gasteiger partial charge on any atom is 0.343 e. The topological polar surface area (TPSA) is 74.3 Å². The molecule has 220 valence electrons. The Balaban J connectivity index is 1.61. The van der Waals surface area contributed by atoms with E-state index in [9.17, 15) is 9.59 Å². The van der Waals surface area contributed by atoms with Gasteiger partial charge in [-0.2, -0.15) is 0 Å². The Hall–Kier alpha value is -2.84. The van der Waals surface area contributed by atoms with Gasteiger partial charge in [0.2, 0.25) is 0 Å². The van der Waals surface area contributed by atoms with E-state index in [4.69, 9.17) is 65.4 Å². The van der Waals surface area contributed by atoms with Crippen LogP contribution in [0.4, 0.5) is 5.69 Å². The summed E-state index contributed by atoms with van der Waals surface area (Å²) < 4.78 is 21.5. The van der Waals surface area contributed by atoms with E-state index in [1.165, 1.54) is 31.9 Å². The van der Waals surface area contributed by atoms with Crippen LogP contribution in [0.1, 0.15) is 44.7 Å². The molecule has 41 heavy (non-hydrogen) atoms. The molecule has 0 bridgehead atoms. The lowest BCUT2D eigenvalue weighted by atomic mass is 10.1. The number of esters is 2. The molecule has 7 nitrogen and oxygen atoms in total. The van der Waals surface area contributed by atoms with Crippen LogP contribution in [0.2, 0.25) is 20.1 Å². The lowest BCUT2D eigenvalue weighted by molar-refractivity contribution is 0.0494. The second-order valence-corrected chi connectivity index (χ2v) is 10.7. The molecule has 0 saturated heterocycles. The molecule has 0 N–H and O–H groups in total. The molecule has 0 fully saturated rings. The van der Waals surface area contributed by atoms with Gasteiger partial charge in [0.15, 0.2) is 11.5 Å². The van der Waals surface area contributed by atoms with E-state index in [-0.39, 0.29) is 55.9 Å². The number of ether oxygens (including phenoxy) is 4. The smallest absolute Gasteiger partial charge is 0.343 e. The van der Waals surface area contributed by atoms with E-state index < -0.39 is 11.9 Å². The molecule has 3 aromatic rings. The zero-order valence-electron chi connectivity index (χ0n) is 23.2. The van der Waals surface area contributed by atoms with Crippen molar-refractivity contribution in [1.29, 1.82) is 0 Å². The first kappa shape index (κ1) is 32.7. The third kappa shape index (κ3) is 8.35. The van der Waals surface area contributed by atoms with Crippen LogP contribution >= 0.6 is 46.4 Å². The van der Waals surface area contributed by atoms with Gasteiger partial charge in [-0.3, -0.25) is 0 Å². The average molecular weight is 643 g/mol. The van der Waals surface area contributed by atoms with Crippen molar-refractivity contribution >= 4 is 64.0 Å². The number of carbonyl (C=O) groups excluding carboxylic acids is 2. The van der Waals surface area contributed by atoms with Crippen molar-refractivity contribution in [1.82, 2.24) is 0 Å². The number of benzene rings is 3. The summed E-state index contributed by atoms with van der Waals surface area (Å²) in [6.45, 7) is 5.55. The van der Waals surface area contributed by atoms with Crippen LogP contribution in [-0.2, 0) is 9.47 Å². The summed E-state index contributed by atoms with van der Waals surface area (Å²) in [7, 11) is 2.82. The molecule has 0 aliphatic heterocycles. The van der Waals surface area contributed by atoms with Crippen molar-refractivity contribution in [2.75, 3.05) is 45.4 Å². The Morgan fingerprint density at radius 2 is 1.10 bits per heavy atom. The normalized spacial score (nSPS) is 10.7. The fourth-order valence-electron chi connectivity index (χ4n) is 4.12. The molecule has 0 aromatic heterocycles. The zero-order chi connectivity index (χ0) is 30.1. The second kappa shape index (κ2) is 15.4. The van der Waals surface area contributed by atoms with Gasteiger partial charge in [-0.05, 0) is 74.2 Å². The number of halogens is 4. The van der Waals surface area contributed by atoms with Crippen LogP contribution < -0.4 is 14.4 Å². The van der Waals surface area contributed by atoms with Gasteiger partial charge >= 0.3 is 11.9 Å². The summed E-state index contributed by atoms with van der Waals surface area (Å²) in [6, 6.07) is 12.3. The van der Waals surface area contributed by atoms with Crippen molar-refractivity contribution in [3.63, 3.8) is 0 Å². The third-order valence-corrected chi connectivity index (χ3v) is 7.63. The standard InChI is InChI=1S/C30H31Cl4NO6/c1-18-7-8-20(17-19(18)2)35(13-5-15-40-29(36)25-21(31)9-11-23(33)27(25)38-3)14-6-16-41-30(37)26-22(32)10-12-24(34)28(26)39-4/h7-12,17H,5-6,13-16H2,1-4H3. The molecule has 0 aliphatic rings. The fraction of sp³-hybridized carbons (Fsp3) is 0.333. The average Bonchev–Trinajstić information content (AvgIpc) is 2.95. The third-order valence-electron chi connectivity index (χ3n) is 6.40. The maximum absolute atomic E-state index is 12.7. The Bertz CT molecular complexity index is 1320. The Morgan fingerprint density at radius 3 is 1.51 bits per heavy atom. The number of nitrogens with zero attached hydrogens (tertiary/aromatic N) is 1. The Morgan fingerprint density at radius 1 is 0.659 bits per heavy atom. The van der Waals surface area contributed by atoms with Crippen molar-refractivity contribution in [3.05, 3.63) is 84.8 Å². The molecule has 0 amide bonds. The molecular weight excluding hydrogens is 612 g/mol. The lowest BCUT2D eigenvalue weighted by Gasteiger charge is -2.26. The maximum atomic E-state index is 12.7. The monoisotopic (exact) mass is 641 g/mol. The van der Waals surface area contributed by atoms with Gasteiger partial charge < -0.3 is 23.8 Å². The van der Waals surface area contributed by atoms with E-state index in [1.54, 1.807) is 12.1 Å². The molecule has 0 radical (unpaired) electrons. The minimum Gasteiger partial charge on any atom is -0.494 e. The molecule has 0 aliphatic carbocycles. The molecule has 0 unspecified atom stereocenters. The quantitative estimate of drug-likeness (QED) is 0.137. The number of anilines is 1. The van der Waals surface area contributed by atoms with E-state index in [2.05, 4.69) is 17.0 Å². The minimum atomic E-state index is -0.617. The summed E-state index contributed by atoms with van der Waals surface area (Å²) in [5.41, 5.74) is 3.51. The van der Waals surface area contributed by atoms with Gasteiger partial charge in [0.25, 0.3) is 0 Å². The van der Waals surface area contributed by atoms with Gasteiger partial charge in [0.05, 0.1) is 47.5 Å². The van der Waals surface area contributed by atoms with E-state index in [1.807, 2.05) is 19.9 Å². The highest BCUT2D eigenvalue weighted by molar-refractivity contribution is 6.37. The molecule has 11 heteroatoms. The van der Waals surface area contributed by atoms with Crippen molar-refractivity contribution in [2.45, 2.75) is 26.7 Å². The first-order chi connectivity index (χ1) is 19.6. The molecular formula is C30H31Cl4NO6. The van der Waals surface area contributed by atoms with Crippen molar-refractivity contribution in [3.8, 4) is 11.5 Å². The minimum absolute atomic E-state index is 0.0888. The predicted octanol–water partition coefficient (Wildman–Crippen LogP) is 8.23. The fourth-order valence-corrected chi connectivity index (χ4v) is 5.04. The van der Waals surface area contributed by atoms with Gasteiger partial charge in [-0.15, -0.1) is 0 Å². The number of hydrogen-bond donors (Lipinski definition) is 0. The van der Waals surface area contributed by atoms with Gasteiger partial charge in [0.1, 0.15) is 11.1 Å². The number of aryl methyl sites for hydroxylation is 2. The van der Waals surface area contributed by atoms with Crippen LogP contribution in [0.5, 0.6) is 11.5 Å². The van der Waals surface area contributed by atoms with Crippen LogP contribution in [0, 0.1) is 13.8 Å². The zero-order valence-corrected chi connectivity index (χ0v) is 26.2. The van der Waals surface area contributed by atoms with E-state index in [0.29, 0.717) is 25.9 Å². The number of rotatable bonds is 13. The number of methoxy groups -OCH3 is 2. The van der Waals surface area contributed by atoms with Gasteiger partial charge in [-0.1, -0.05) is 52.5 Å². The molecule has 0 saturated carbocycles. The predicted molar refractivity (Wildman–Crippen MR) is 164 cm³/mol. The summed E-state index contributed by atoms with van der Waals surface area (Å²) in [5.74, 6) is -0.887. The Kier molecular flexibility index (Phi) is 12.3. The lowest BCUT2D eigenvalue weighted by Crippen LogP contribution is -2.28. The molecule has 3 aromatic carbocycles. The second-order valence-electron chi connectivity index (χ2n) is 9.11. The van der Waals surface area contributed by atoms with E-state index in [0.717, 1.165) is 11.3 Å². The SMILES string of the molecule is COc1c(Cl)ccc(Cl)c1C(=O)OCCCN(CCCOC(=O)c1c(Cl)ccc(Cl)c1OC)c1ccc(C)c(C)c1. The number of hydrogen-bond acceptors (Lipinski definition) is 7. The molecule has 0 atom stereocenters. The van der Waals surface area contributed by atoms with Crippen LogP contribution in [0.25, 0.3) is 0 Å². The first-order valence-corrected chi connectivity index (χ1v) is 14.3. The van der Waals surface area contributed by atoms with Crippen LogP contribution in [0.15, 0.2) is 42.5 Å². The molecule has 3 rings (SSSR count).